The molecule has 1 aliphatic carbocycles. The molecule has 148 valence electrons. The van der Waals surface area contributed by atoms with E-state index in [4.69, 9.17) is 10.5 Å². The summed E-state index contributed by atoms with van der Waals surface area (Å²) in [5, 5.41) is 3.16. The highest BCUT2D eigenvalue weighted by Gasteiger charge is 2.33. The molecule has 30 heavy (non-hydrogen) atoms. The van der Waals surface area contributed by atoms with Gasteiger partial charge in [-0.3, -0.25) is 9.59 Å². The van der Waals surface area contributed by atoms with Crippen molar-refractivity contribution in [3.05, 3.63) is 95.1 Å². The first-order chi connectivity index (χ1) is 14.4. The van der Waals surface area contributed by atoms with E-state index in [-0.39, 0.29) is 28.4 Å². The molecule has 6 heteroatoms. The Hall–Kier alpha value is -4.19. The van der Waals surface area contributed by atoms with E-state index in [0.29, 0.717) is 33.8 Å². The summed E-state index contributed by atoms with van der Waals surface area (Å²) in [5.74, 6) is -0.676. The highest BCUT2D eigenvalue weighted by atomic mass is 16.5. The highest BCUT2D eigenvalue weighted by molar-refractivity contribution is 6.31. The van der Waals surface area contributed by atoms with Crippen molar-refractivity contribution in [2.45, 2.75) is 6.92 Å². The Morgan fingerprint density at radius 2 is 1.50 bits per heavy atom. The maximum Gasteiger partial charge on any atom is 0.338 e. The Bertz CT molecular complexity index is 1230. The van der Waals surface area contributed by atoms with E-state index in [1.165, 1.54) is 0 Å². The van der Waals surface area contributed by atoms with E-state index in [1.54, 1.807) is 67.6 Å². The van der Waals surface area contributed by atoms with Gasteiger partial charge in [-0.2, -0.15) is 0 Å². The molecule has 0 fully saturated rings. The van der Waals surface area contributed by atoms with Gasteiger partial charge in [-0.25, -0.2) is 4.79 Å². The first-order valence-corrected chi connectivity index (χ1v) is 9.22. The molecule has 3 aromatic rings. The van der Waals surface area contributed by atoms with Gasteiger partial charge in [-0.15, -0.1) is 0 Å². The summed E-state index contributed by atoms with van der Waals surface area (Å²) in [6.45, 7) is 5.11. The summed E-state index contributed by atoms with van der Waals surface area (Å²) < 4.78 is 5.18. The summed E-state index contributed by atoms with van der Waals surface area (Å²) in [6.07, 6.45) is 0. The fourth-order valence-electron chi connectivity index (χ4n) is 3.31. The first-order valence-electron chi connectivity index (χ1n) is 9.22. The Morgan fingerprint density at radius 3 is 2.10 bits per heavy atom. The molecule has 0 atom stereocenters. The molecule has 0 radical (unpaired) electrons. The number of rotatable bonds is 4. The van der Waals surface area contributed by atoms with E-state index in [2.05, 4.69) is 11.9 Å². The molecule has 1 aliphatic rings. The molecule has 0 saturated carbocycles. The van der Waals surface area contributed by atoms with Crippen LogP contribution in [0.2, 0.25) is 0 Å². The van der Waals surface area contributed by atoms with E-state index >= 15 is 0 Å². The molecule has 0 unspecified atom stereocenters. The van der Waals surface area contributed by atoms with Crippen LogP contribution in [0.1, 0.15) is 38.8 Å². The fourth-order valence-corrected chi connectivity index (χ4v) is 3.31. The number of hydrogen-bond donors (Lipinski definition) is 2. The Labute approximate surface area is 173 Å². The van der Waals surface area contributed by atoms with Crippen LogP contribution >= 0.6 is 0 Å². The molecule has 0 spiro atoms. The predicted octanol–water partition coefficient (Wildman–Crippen LogP) is 4.27. The second-order valence-electron chi connectivity index (χ2n) is 6.98. The Balaban J connectivity index is 1.69. The first kappa shape index (κ1) is 19.1. The molecular formula is C24H18N2O4. The standard InChI is InChI=1S/C24H18N2O4/c1-13(2)24(29)30-15-9-7-14(8-10-15)26-19-12-11-18(25)20-21(19)23(28)17-6-4-3-5-16(17)22(20)27/h3-12,26H,1,25H2,2H3. The average molecular weight is 398 g/mol. The predicted molar refractivity (Wildman–Crippen MR) is 114 cm³/mol. The number of hydrogen-bond acceptors (Lipinski definition) is 6. The summed E-state index contributed by atoms with van der Waals surface area (Å²) in [7, 11) is 0. The summed E-state index contributed by atoms with van der Waals surface area (Å²) in [4.78, 5) is 37.7. The number of carbonyl (C=O) groups excluding carboxylic acids is 3. The second kappa shape index (κ2) is 7.33. The van der Waals surface area contributed by atoms with Crippen molar-refractivity contribution >= 4 is 34.6 Å². The van der Waals surface area contributed by atoms with E-state index < -0.39 is 5.97 Å². The number of esters is 1. The number of ketones is 2. The molecule has 0 amide bonds. The lowest BCUT2D eigenvalue weighted by Crippen LogP contribution is -2.23. The Morgan fingerprint density at radius 1 is 0.900 bits per heavy atom. The van der Waals surface area contributed by atoms with E-state index in [9.17, 15) is 14.4 Å². The third kappa shape index (κ3) is 3.24. The van der Waals surface area contributed by atoms with Crippen LogP contribution in [0.25, 0.3) is 0 Å². The van der Waals surface area contributed by atoms with Crippen molar-refractivity contribution in [2.75, 3.05) is 11.1 Å². The number of fused-ring (bicyclic) bond motifs is 2. The third-order valence-corrected chi connectivity index (χ3v) is 4.80. The van der Waals surface area contributed by atoms with Crippen LogP contribution in [0.3, 0.4) is 0 Å². The van der Waals surface area contributed by atoms with Gasteiger partial charge in [0.2, 0.25) is 0 Å². The molecule has 0 aromatic heterocycles. The molecule has 0 saturated heterocycles. The number of nitrogen functional groups attached to an aromatic ring is 1. The lowest BCUT2D eigenvalue weighted by atomic mass is 9.82. The minimum Gasteiger partial charge on any atom is -0.423 e. The highest BCUT2D eigenvalue weighted by Crippen LogP contribution is 2.36. The van der Waals surface area contributed by atoms with Crippen LogP contribution in [0.4, 0.5) is 17.1 Å². The number of nitrogens with one attached hydrogen (secondary N) is 1. The molecule has 0 aliphatic heterocycles. The van der Waals surface area contributed by atoms with E-state index in [1.807, 2.05) is 0 Å². The monoisotopic (exact) mass is 398 g/mol. The number of carbonyl (C=O) groups is 3. The maximum atomic E-state index is 13.1. The Kier molecular flexibility index (Phi) is 4.68. The second-order valence-corrected chi connectivity index (χ2v) is 6.98. The van der Waals surface area contributed by atoms with Crippen molar-refractivity contribution in [3.8, 4) is 5.75 Å². The lowest BCUT2D eigenvalue weighted by Gasteiger charge is -2.22. The summed E-state index contributed by atoms with van der Waals surface area (Å²) in [6, 6.07) is 16.6. The van der Waals surface area contributed by atoms with Crippen LogP contribution in [0.5, 0.6) is 5.75 Å². The minimum atomic E-state index is -0.508. The van der Waals surface area contributed by atoms with Crippen molar-refractivity contribution in [1.29, 1.82) is 0 Å². The fraction of sp³-hybridized carbons (Fsp3) is 0.0417. The molecule has 3 N–H and O–H groups in total. The van der Waals surface area contributed by atoms with Crippen LogP contribution in [0, 0.1) is 0 Å². The smallest absolute Gasteiger partial charge is 0.338 e. The zero-order chi connectivity index (χ0) is 21.4. The van der Waals surface area contributed by atoms with Crippen LogP contribution < -0.4 is 15.8 Å². The van der Waals surface area contributed by atoms with Crippen LogP contribution in [0.15, 0.2) is 72.8 Å². The van der Waals surface area contributed by atoms with Crippen LogP contribution in [-0.4, -0.2) is 17.5 Å². The maximum absolute atomic E-state index is 13.1. The largest absolute Gasteiger partial charge is 0.423 e. The molecule has 3 aromatic carbocycles. The van der Waals surface area contributed by atoms with Gasteiger partial charge >= 0.3 is 5.97 Å². The van der Waals surface area contributed by atoms with Gasteiger partial charge in [0.05, 0.1) is 16.8 Å². The number of ether oxygens (including phenoxy) is 1. The molecule has 6 nitrogen and oxygen atoms in total. The van der Waals surface area contributed by atoms with E-state index in [0.717, 1.165) is 0 Å². The number of anilines is 3. The lowest BCUT2D eigenvalue weighted by molar-refractivity contribution is -0.130. The molecule has 0 heterocycles. The van der Waals surface area contributed by atoms with Gasteiger partial charge in [-0.1, -0.05) is 30.8 Å². The zero-order valence-electron chi connectivity index (χ0n) is 16.2. The number of nitrogens with two attached hydrogens (primary N) is 1. The van der Waals surface area contributed by atoms with Gasteiger partial charge < -0.3 is 15.8 Å². The molecule has 0 bridgehead atoms. The summed E-state index contributed by atoms with van der Waals surface area (Å²) >= 11 is 0. The number of benzene rings is 3. The molecular weight excluding hydrogens is 380 g/mol. The quantitative estimate of drug-likeness (QED) is 0.231. The van der Waals surface area contributed by atoms with Crippen molar-refractivity contribution in [2.24, 2.45) is 0 Å². The normalized spacial score (nSPS) is 12.0. The van der Waals surface area contributed by atoms with Gasteiger partial charge in [0, 0.05) is 28.1 Å². The third-order valence-electron chi connectivity index (χ3n) is 4.80. The zero-order valence-corrected chi connectivity index (χ0v) is 16.2. The van der Waals surface area contributed by atoms with Gasteiger partial charge in [0.25, 0.3) is 0 Å². The molecule has 4 rings (SSSR count). The van der Waals surface area contributed by atoms with Crippen molar-refractivity contribution in [3.63, 3.8) is 0 Å². The average Bonchev–Trinajstić information content (AvgIpc) is 2.74. The SMILES string of the molecule is C=C(C)C(=O)Oc1ccc(Nc2ccc(N)c3c2C(=O)c2ccccc2C3=O)cc1. The van der Waals surface area contributed by atoms with Gasteiger partial charge in [0.1, 0.15) is 5.75 Å². The summed E-state index contributed by atoms with van der Waals surface area (Å²) in [5.41, 5.74) is 8.88. The topological polar surface area (TPSA) is 98.5 Å². The van der Waals surface area contributed by atoms with Crippen molar-refractivity contribution in [1.82, 2.24) is 0 Å². The van der Waals surface area contributed by atoms with Crippen LogP contribution in [-0.2, 0) is 4.79 Å². The van der Waals surface area contributed by atoms with Gasteiger partial charge in [0.15, 0.2) is 11.6 Å². The van der Waals surface area contributed by atoms with Gasteiger partial charge in [-0.05, 0) is 43.3 Å². The van der Waals surface area contributed by atoms with Crippen molar-refractivity contribution < 1.29 is 19.1 Å². The minimum absolute atomic E-state index is 0.204.